The van der Waals surface area contributed by atoms with Crippen LogP contribution in [-0.4, -0.2) is 22.7 Å². The van der Waals surface area contributed by atoms with Gasteiger partial charge in [-0.25, -0.2) is 4.39 Å². The standard InChI is InChI=1S/C25H19FN2O3S2/c1-2-31-21-12-6-16(7-13-21)14-22-24(30)28(25(32)33-22)20-5-3-4-17(15-20)23(29)27-19-10-8-18(26)9-11-19/h3-15H,2H2,1H3,(H,27,29)/b22-14+. The first-order chi connectivity index (χ1) is 15.9. The normalized spacial score (nSPS) is 14.6. The third-order valence-corrected chi connectivity index (χ3v) is 6.05. The Morgan fingerprint density at radius 3 is 2.55 bits per heavy atom. The number of rotatable bonds is 6. The fourth-order valence-corrected chi connectivity index (χ4v) is 4.49. The number of carbonyl (C=O) groups is 2. The number of hydrogen-bond acceptors (Lipinski definition) is 5. The van der Waals surface area contributed by atoms with Crippen molar-refractivity contribution < 1.29 is 18.7 Å². The minimum atomic E-state index is -0.386. The lowest BCUT2D eigenvalue weighted by molar-refractivity contribution is -0.113. The molecule has 0 radical (unpaired) electrons. The lowest BCUT2D eigenvalue weighted by atomic mass is 10.1. The lowest BCUT2D eigenvalue weighted by Gasteiger charge is -2.15. The van der Waals surface area contributed by atoms with Crippen molar-refractivity contribution in [3.63, 3.8) is 0 Å². The quantitative estimate of drug-likeness (QED) is 0.354. The highest BCUT2D eigenvalue weighted by Crippen LogP contribution is 2.36. The Labute approximate surface area is 200 Å². The molecule has 0 unspecified atom stereocenters. The Balaban J connectivity index is 1.53. The number of hydrogen-bond donors (Lipinski definition) is 1. The predicted octanol–water partition coefficient (Wildman–Crippen LogP) is 5.88. The molecule has 3 aromatic carbocycles. The molecular formula is C25H19FN2O3S2. The molecule has 1 fully saturated rings. The van der Waals surface area contributed by atoms with E-state index in [2.05, 4.69) is 5.32 Å². The van der Waals surface area contributed by atoms with Crippen molar-refractivity contribution in [3.05, 3.63) is 94.6 Å². The summed E-state index contributed by atoms with van der Waals surface area (Å²) < 4.78 is 18.9. The number of amides is 2. The molecule has 1 heterocycles. The van der Waals surface area contributed by atoms with Crippen LogP contribution in [0, 0.1) is 5.82 Å². The third-order valence-electron chi connectivity index (χ3n) is 4.75. The third kappa shape index (κ3) is 5.30. The molecule has 8 heteroatoms. The van der Waals surface area contributed by atoms with E-state index < -0.39 is 0 Å². The van der Waals surface area contributed by atoms with Gasteiger partial charge >= 0.3 is 0 Å². The monoisotopic (exact) mass is 478 g/mol. The molecule has 4 rings (SSSR count). The van der Waals surface area contributed by atoms with E-state index in [0.717, 1.165) is 11.3 Å². The first-order valence-electron chi connectivity index (χ1n) is 10.1. The second-order valence-corrected chi connectivity index (χ2v) is 8.71. The molecular weight excluding hydrogens is 459 g/mol. The smallest absolute Gasteiger partial charge is 0.270 e. The van der Waals surface area contributed by atoms with Gasteiger partial charge in [-0.2, -0.15) is 0 Å². The fourth-order valence-electron chi connectivity index (χ4n) is 3.19. The SMILES string of the molecule is CCOc1ccc(/C=C2/SC(=S)N(c3cccc(C(=O)Nc4ccc(F)cc4)c3)C2=O)cc1. The van der Waals surface area contributed by atoms with Crippen molar-refractivity contribution in [2.24, 2.45) is 0 Å². The van der Waals surface area contributed by atoms with Crippen molar-refractivity contribution in [2.75, 3.05) is 16.8 Å². The topological polar surface area (TPSA) is 58.6 Å². The highest BCUT2D eigenvalue weighted by molar-refractivity contribution is 8.27. The molecule has 2 amide bonds. The molecule has 0 aromatic heterocycles. The van der Waals surface area contributed by atoms with E-state index >= 15 is 0 Å². The van der Waals surface area contributed by atoms with E-state index in [-0.39, 0.29) is 17.6 Å². The van der Waals surface area contributed by atoms with Crippen LogP contribution in [0.1, 0.15) is 22.8 Å². The summed E-state index contributed by atoms with van der Waals surface area (Å²) in [6.07, 6.45) is 1.78. The van der Waals surface area contributed by atoms with Gasteiger partial charge in [-0.3, -0.25) is 14.5 Å². The van der Waals surface area contributed by atoms with Crippen LogP contribution in [0.4, 0.5) is 15.8 Å². The largest absolute Gasteiger partial charge is 0.494 e. The van der Waals surface area contributed by atoms with E-state index in [4.69, 9.17) is 17.0 Å². The number of nitrogens with one attached hydrogen (secondary N) is 1. The van der Waals surface area contributed by atoms with E-state index in [9.17, 15) is 14.0 Å². The van der Waals surface area contributed by atoms with Crippen molar-refractivity contribution in [1.29, 1.82) is 0 Å². The minimum Gasteiger partial charge on any atom is -0.494 e. The van der Waals surface area contributed by atoms with Crippen molar-refractivity contribution in [3.8, 4) is 5.75 Å². The van der Waals surface area contributed by atoms with Gasteiger partial charge < -0.3 is 10.1 Å². The molecule has 5 nitrogen and oxygen atoms in total. The van der Waals surface area contributed by atoms with Gasteiger partial charge in [0, 0.05) is 11.3 Å². The number of anilines is 2. The molecule has 0 atom stereocenters. The van der Waals surface area contributed by atoms with Gasteiger partial charge in [0.1, 0.15) is 11.6 Å². The molecule has 1 aliphatic rings. The number of ether oxygens (including phenoxy) is 1. The summed E-state index contributed by atoms with van der Waals surface area (Å²) in [6, 6.07) is 19.6. The lowest BCUT2D eigenvalue weighted by Crippen LogP contribution is -2.27. The van der Waals surface area contributed by atoms with E-state index in [1.54, 1.807) is 30.3 Å². The van der Waals surface area contributed by atoms with Crippen molar-refractivity contribution in [1.82, 2.24) is 0 Å². The van der Waals surface area contributed by atoms with Crippen molar-refractivity contribution >= 4 is 57.6 Å². The maximum Gasteiger partial charge on any atom is 0.270 e. The van der Waals surface area contributed by atoms with Gasteiger partial charge in [-0.1, -0.05) is 42.2 Å². The molecule has 1 aliphatic heterocycles. The van der Waals surface area contributed by atoms with Crippen LogP contribution in [0.2, 0.25) is 0 Å². The van der Waals surface area contributed by atoms with Crippen molar-refractivity contribution in [2.45, 2.75) is 6.92 Å². The van der Waals surface area contributed by atoms with Crippen LogP contribution in [0.5, 0.6) is 5.75 Å². The summed E-state index contributed by atoms with van der Waals surface area (Å²) in [5, 5.41) is 2.71. The zero-order valence-corrected chi connectivity index (χ0v) is 19.2. The number of halogens is 1. The highest BCUT2D eigenvalue weighted by atomic mass is 32.2. The Morgan fingerprint density at radius 1 is 1.12 bits per heavy atom. The summed E-state index contributed by atoms with van der Waals surface area (Å²) in [5.74, 6) is -0.255. The molecule has 1 saturated heterocycles. The summed E-state index contributed by atoms with van der Waals surface area (Å²) >= 11 is 6.65. The summed E-state index contributed by atoms with van der Waals surface area (Å²) in [5.41, 5.74) is 2.17. The molecule has 0 saturated carbocycles. The van der Waals surface area contributed by atoms with Crippen LogP contribution < -0.4 is 15.0 Å². The van der Waals surface area contributed by atoms with Crippen LogP contribution in [0.3, 0.4) is 0 Å². The molecule has 0 spiro atoms. The van der Waals surface area contributed by atoms with Gasteiger partial charge in [-0.15, -0.1) is 0 Å². The molecule has 1 N–H and O–H groups in total. The summed E-state index contributed by atoms with van der Waals surface area (Å²) in [7, 11) is 0. The maximum atomic E-state index is 13.1. The summed E-state index contributed by atoms with van der Waals surface area (Å²) in [6.45, 7) is 2.50. The number of thioether (sulfide) groups is 1. The summed E-state index contributed by atoms with van der Waals surface area (Å²) in [4.78, 5) is 27.6. The zero-order chi connectivity index (χ0) is 23.4. The zero-order valence-electron chi connectivity index (χ0n) is 17.6. The van der Waals surface area contributed by atoms with E-state index in [1.807, 2.05) is 31.2 Å². The van der Waals surface area contributed by atoms with Gasteiger partial charge in [0.15, 0.2) is 4.32 Å². The van der Waals surface area contributed by atoms with Gasteiger partial charge in [-0.05, 0) is 73.2 Å². The minimum absolute atomic E-state index is 0.255. The average Bonchev–Trinajstić information content (AvgIpc) is 3.09. The van der Waals surface area contributed by atoms with Crippen LogP contribution in [-0.2, 0) is 4.79 Å². The van der Waals surface area contributed by atoms with Gasteiger partial charge in [0.05, 0.1) is 17.2 Å². The average molecular weight is 479 g/mol. The highest BCUT2D eigenvalue weighted by Gasteiger charge is 2.33. The van der Waals surface area contributed by atoms with Crippen LogP contribution >= 0.6 is 24.0 Å². The number of benzene rings is 3. The second kappa shape index (κ2) is 9.97. The van der Waals surface area contributed by atoms with Crippen LogP contribution in [0.25, 0.3) is 6.08 Å². The van der Waals surface area contributed by atoms with E-state index in [0.29, 0.717) is 32.8 Å². The Bertz CT molecular complexity index is 1240. The predicted molar refractivity (Wildman–Crippen MR) is 134 cm³/mol. The maximum absolute atomic E-state index is 13.1. The van der Waals surface area contributed by atoms with Crippen LogP contribution in [0.15, 0.2) is 77.7 Å². The first-order valence-corrected chi connectivity index (χ1v) is 11.3. The van der Waals surface area contributed by atoms with Gasteiger partial charge in [0.25, 0.3) is 11.8 Å². The molecule has 0 bridgehead atoms. The Morgan fingerprint density at radius 2 is 1.85 bits per heavy atom. The molecule has 166 valence electrons. The Kier molecular flexibility index (Phi) is 6.86. The molecule has 0 aliphatic carbocycles. The van der Waals surface area contributed by atoms with E-state index in [1.165, 1.54) is 40.9 Å². The Hall–Kier alpha value is -3.49. The van der Waals surface area contributed by atoms with Gasteiger partial charge in [0.2, 0.25) is 0 Å². The molecule has 3 aromatic rings. The number of carbonyl (C=O) groups excluding carboxylic acids is 2. The number of thiocarbonyl (C=S) groups is 1. The second-order valence-electron chi connectivity index (χ2n) is 7.03. The first kappa shape index (κ1) is 22.7. The fraction of sp³-hybridized carbons (Fsp3) is 0.0800. The number of nitrogens with zero attached hydrogens (tertiary/aromatic N) is 1. The molecule has 33 heavy (non-hydrogen) atoms.